The van der Waals surface area contributed by atoms with Crippen molar-refractivity contribution in [1.82, 2.24) is 0 Å². The van der Waals surface area contributed by atoms with Crippen molar-refractivity contribution < 1.29 is 9.15 Å². The maximum Gasteiger partial charge on any atom is 0.0960 e. The molecule has 66 valence electrons. The summed E-state index contributed by atoms with van der Waals surface area (Å²) >= 11 is 0. The molecule has 1 aromatic heterocycles. The average Bonchev–Trinajstić information content (AvgIpc) is 2.74. The Bertz CT molecular complexity index is 233. The average molecular weight is 167 g/mol. The number of ether oxygens (including phenoxy) is 1. The summed E-state index contributed by atoms with van der Waals surface area (Å²) in [5.41, 5.74) is 6.73. The van der Waals surface area contributed by atoms with Crippen LogP contribution in [0.3, 0.4) is 0 Å². The fourth-order valence-corrected chi connectivity index (χ4v) is 1.68. The second kappa shape index (κ2) is 3.29. The number of rotatable bonds is 2. The van der Waals surface area contributed by atoms with E-state index in [1.807, 2.05) is 6.07 Å². The zero-order valence-corrected chi connectivity index (χ0v) is 6.90. The molecule has 0 aliphatic carbocycles. The minimum atomic E-state index is 0.161. The van der Waals surface area contributed by atoms with Crippen LogP contribution in [-0.2, 0) is 4.74 Å². The Morgan fingerprint density at radius 3 is 3.17 bits per heavy atom. The standard InChI is InChI=1S/C9H13NO2/c10-5-7-2-4-12-9(7)8-1-3-11-6-8/h1,3,6-7,9H,2,4-5,10H2. The first kappa shape index (κ1) is 7.83. The van der Waals surface area contributed by atoms with Gasteiger partial charge in [0, 0.05) is 18.1 Å². The molecule has 1 fully saturated rings. The van der Waals surface area contributed by atoms with Crippen molar-refractivity contribution in [2.75, 3.05) is 13.2 Å². The minimum Gasteiger partial charge on any atom is -0.472 e. The third kappa shape index (κ3) is 1.26. The van der Waals surface area contributed by atoms with Crippen molar-refractivity contribution in [2.45, 2.75) is 12.5 Å². The SMILES string of the molecule is NCC1CCOC1c1ccoc1. The predicted octanol–water partition coefficient (Wildman–Crippen LogP) is 1.32. The lowest BCUT2D eigenvalue weighted by atomic mass is 9.98. The number of hydrogen-bond acceptors (Lipinski definition) is 3. The van der Waals surface area contributed by atoms with E-state index >= 15 is 0 Å². The van der Waals surface area contributed by atoms with Crippen LogP contribution in [-0.4, -0.2) is 13.2 Å². The van der Waals surface area contributed by atoms with Crippen LogP contribution >= 0.6 is 0 Å². The molecule has 0 amide bonds. The van der Waals surface area contributed by atoms with E-state index in [1.165, 1.54) is 0 Å². The van der Waals surface area contributed by atoms with Gasteiger partial charge in [-0.1, -0.05) is 0 Å². The van der Waals surface area contributed by atoms with Crippen LogP contribution in [0, 0.1) is 5.92 Å². The van der Waals surface area contributed by atoms with Crippen LogP contribution in [0.4, 0.5) is 0 Å². The Kier molecular flexibility index (Phi) is 2.15. The summed E-state index contributed by atoms with van der Waals surface area (Å²) in [5, 5.41) is 0. The molecule has 2 atom stereocenters. The van der Waals surface area contributed by atoms with E-state index < -0.39 is 0 Å². The zero-order valence-electron chi connectivity index (χ0n) is 6.90. The molecule has 1 saturated heterocycles. The summed E-state index contributed by atoms with van der Waals surface area (Å²) < 4.78 is 10.6. The topological polar surface area (TPSA) is 48.4 Å². The van der Waals surface area contributed by atoms with Crippen LogP contribution in [0.2, 0.25) is 0 Å². The van der Waals surface area contributed by atoms with Crippen molar-refractivity contribution in [3.63, 3.8) is 0 Å². The molecule has 0 aromatic carbocycles. The molecular formula is C9H13NO2. The van der Waals surface area contributed by atoms with Gasteiger partial charge in [-0.05, 0) is 19.0 Å². The second-order valence-electron chi connectivity index (χ2n) is 3.13. The Morgan fingerprint density at radius 1 is 1.58 bits per heavy atom. The first-order valence-corrected chi connectivity index (χ1v) is 4.25. The van der Waals surface area contributed by atoms with Gasteiger partial charge in [0.25, 0.3) is 0 Å². The highest BCUT2D eigenvalue weighted by Crippen LogP contribution is 2.33. The third-order valence-electron chi connectivity index (χ3n) is 2.39. The van der Waals surface area contributed by atoms with Crippen LogP contribution < -0.4 is 5.73 Å². The van der Waals surface area contributed by atoms with Crippen molar-refractivity contribution >= 4 is 0 Å². The molecule has 2 rings (SSSR count). The van der Waals surface area contributed by atoms with Gasteiger partial charge < -0.3 is 14.9 Å². The normalized spacial score (nSPS) is 29.4. The number of hydrogen-bond donors (Lipinski definition) is 1. The van der Waals surface area contributed by atoms with Crippen molar-refractivity contribution in [2.24, 2.45) is 11.7 Å². The fourth-order valence-electron chi connectivity index (χ4n) is 1.68. The Morgan fingerprint density at radius 2 is 2.50 bits per heavy atom. The lowest BCUT2D eigenvalue weighted by Crippen LogP contribution is -2.17. The molecule has 3 nitrogen and oxygen atoms in total. The van der Waals surface area contributed by atoms with E-state index in [0.29, 0.717) is 12.5 Å². The Labute approximate surface area is 71.5 Å². The molecule has 1 aromatic rings. The summed E-state index contributed by atoms with van der Waals surface area (Å²) in [5.74, 6) is 0.461. The van der Waals surface area contributed by atoms with Gasteiger partial charge in [-0.2, -0.15) is 0 Å². The van der Waals surface area contributed by atoms with Gasteiger partial charge in [-0.25, -0.2) is 0 Å². The second-order valence-corrected chi connectivity index (χ2v) is 3.13. The van der Waals surface area contributed by atoms with E-state index in [4.69, 9.17) is 14.9 Å². The molecule has 2 N–H and O–H groups in total. The van der Waals surface area contributed by atoms with Gasteiger partial charge in [0.2, 0.25) is 0 Å². The molecule has 12 heavy (non-hydrogen) atoms. The van der Waals surface area contributed by atoms with E-state index in [1.54, 1.807) is 12.5 Å². The maximum atomic E-state index is 5.62. The predicted molar refractivity (Wildman–Crippen MR) is 44.6 cm³/mol. The van der Waals surface area contributed by atoms with E-state index in [-0.39, 0.29) is 6.10 Å². The van der Waals surface area contributed by atoms with Gasteiger partial charge in [0.15, 0.2) is 0 Å². The molecule has 0 spiro atoms. The summed E-state index contributed by atoms with van der Waals surface area (Å²) in [7, 11) is 0. The van der Waals surface area contributed by atoms with Crippen molar-refractivity contribution in [1.29, 1.82) is 0 Å². The van der Waals surface area contributed by atoms with Crippen LogP contribution in [0.25, 0.3) is 0 Å². The Hall–Kier alpha value is -0.800. The highest BCUT2D eigenvalue weighted by molar-refractivity contribution is 5.12. The van der Waals surface area contributed by atoms with Gasteiger partial charge >= 0.3 is 0 Å². The Balaban J connectivity index is 2.13. The van der Waals surface area contributed by atoms with Gasteiger partial charge in [-0.3, -0.25) is 0 Å². The number of furan rings is 1. The summed E-state index contributed by atoms with van der Waals surface area (Å²) in [4.78, 5) is 0. The van der Waals surface area contributed by atoms with Crippen molar-refractivity contribution in [3.8, 4) is 0 Å². The van der Waals surface area contributed by atoms with Crippen LogP contribution in [0.15, 0.2) is 23.0 Å². The minimum absolute atomic E-state index is 0.161. The molecule has 3 heteroatoms. The smallest absolute Gasteiger partial charge is 0.0960 e. The molecule has 2 unspecified atom stereocenters. The van der Waals surface area contributed by atoms with Gasteiger partial charge in [0.1, 0.15) is 0 Å². The maximum absolute atomic E-state index is 5.62. The van der Waals surface area contributed by atoms with E-state index in [9.17, 15) is 0 Å². The molecule has 0 bridgehead atoms. The summed E-state index contributed by atoms with van der Waals surface area (Å²) in [6, 6.07) is 1.94. The lowest BCUT2D eigenvalue weighted by molar-refractivity contribution is 0.0919. The first-order valence-electron chi connectivity index (χ1n) is 4.25. The summed E-state index contributed by atoms with van der Waals surface area (Å²) in [6.07, 6.45) is 4.63. The number of nitrogens with two attached hydrogens (primary N) is 1. The van der Waals surface area contributed by atoms with E-state index in [2.05, 4.69) is 0 Å². The molecule has 2 heterocycles. The lowest BCUT2D eigenvalue weighted by Gasteiger charge is -2.14. The highest BCUT2D eigenvalue weighted by atomic mass is 16.5. The quantitative estimate of drug-likeness (QED) is 0.722. The van der Waals surface area contributed by atoms with Crippen LogP contribution in [0.1, 0.15) is 18.1 Å². The molecular weight excluding hydrogens is 154 g/mol. The summed E-state index contributed by atoms with van der Waals surface area (Å²) in [6.45, 7) is 1.51. The molecule has 0 saturated carbocycles. The van der Waals surface area contributed by atoms with Gasteiger partial charge in [-0.15, -0.1) is 0 Å². The molecule has 1 aliphatic heterocycles. The monoisotopic (exact) mass is 167 g/mol. The molecule has 1 aliphatic rings. The first-order chi connectivity index (χ1) is 5.92. The zero-order chi connectivity index (χ0) is 8.39. The third-order valence-corrected chi connectivity index (χ3v) is 2.39. The van der Waals surface area contributed by atoms with Crippen LogP contribution in [0.5, 0.6) is 0 Å². The highest BCUT2D eigenvalue weighted by Gasteiger charge is 2.28. The van der Waals surface area contributed by atoms with Crippen molar-refractivity contribution in [3.05, 3.63) is 24.2 Å². The van der Waals surface area contributed by atoms with E-state index in [0.717, 1.165) is 18.6 Å². The molecule has 0 radical (unpaired) electrons. The largest absolute Gasteiger partial charge is 0.472 e. The fraction of sp³-hybridized carbons (Fsp3) is 0.556. The van der Waals surface area contributed by atoms with Gasteiger partial charge in [0.05, 0.1) is 18.6 Å².